The van der Waals surface area contributed by atoms with Gasteiger partial charge in [0.25, 0.3) is 5.91 Å². The highest BCUT2D eigenvalue weighted by molar-refractivity contribution is 5.99. The molecule has 0 bridgehead atoms. The van der Waals surface area contributed by atoms with Gasteiger partial charge in [0.2, 0.25) is 0 Å². The molecule has 4 nitrogen and oxygen atoms in total. The molecule has 21 heavy (non-hydrogen) atoms. The summed E-state index contributed by atoms with van der Waals surface area (Å²) in [5.74, 6) is -0.494. The quantitative estimate of drug-likeness (QED) is 0.725. The molecule has 0 unspecified atom stereocenters. The van der Waals surface area contributed by atoms with Gasteiger partial charge in [0, 0.05) is 25.9 Å². The van der Waals surface area contributed by atoms with Crippen LogP contribution in [0.3, 0.4) is 0 Å². The first kappa shape index (κ1) is 13.3. The second-order valence-corrected chi connectivity index (χ2v) is 4.94. The summed E-state index contributed by atoms with van der Waals surface area (Å²) in [5.41, 5.74) is 2.46. The topological polar surface area (TPSA) is 37.6 Å². The predicted octanol–water partition coefficient (Wildman–Crippen LogP) is 2.84. The highest BCUT2D eigenvalue weighted by Crippen LogP contribution is 2.26. The second-order valence-electron chi connectivity index (χ2n) is 4.94. The summed E-state index contributed by atoms with van der Waals surface area (Å²) < 4.78 is 15.0. The van der Waals surface area contributed by atoms with Gasteiger partial charge in [-0.25, -0.2) is 9.37 Å². The fraction of sp³-hybridized carbons (Fsp3) is 0.125. The van der Waals surface area contributed by atoms with E-state index in [-0.39, 0.29) is 11.7 Å². The molecule has 2 aromatic heterocycles. The number of aromatic nitrogens is 2. The third-order valence-electron chi connectivity index (χ3n) is 3.26. The van der Waals surface area contributed by atoms with Crippen molar-refractivity contribution in [1.29, 1.82) is 0 Å². The third kappa shape index (κ3) is 2.27. The maximum Gasteiger partial charge on any atom is 0.274 e. The number of hydrogen-bond donors (Lipinski definition) is 0. The van der Waals surface area contributed by atoms with Crippen LogP contribution in [0.2, 0.25) is 0 Å². The molecule has 0 aliphatic heterocycles. The smallest absolute Gasteiger partial charge is 0.274 e. The zero-order valence-corrected chi connectivity index (χ0v) is 11.7. The Hall–Kier alpha value is -2.69. The van der Waals surface area contributed by atoms with E-state index < -0.39 is 0 Å². The Bertz CT molecular complexity index is 806. The second kappa shape index (κ2) is 5.01. The lowest BCUT2D eigenvalue weighted by Crippen LogP contribution is -2.22. The first-order valence-electron chi connectivity index (χ1n) is 6.52. The van der Waals surface area contributed by atoms with Crippen LogP contribution in [0.15, 0.2) is 48.7 Å². The Morgan fingerprint density at radius 3 is 2.52 bits per heavy atom. The van der Waals surface area contributed by atoms with E-state index >= 15 is 0 Å². The van der Waals surface area contributed by atoms with Crippen LogP contribution < -0.4 is 0 Å². The first-order valence-corrected chi connectivity index (χ1v) is 6.52. The zero-order chi connectivity index (χ0) is 15.0. The Kier molecular flexibility index (Phi) is 3.17. The van der Waals surface area contributed by atoms with Gasteiger partial charge in [-0.1, -0.05) is 6.07 Å². The molecule has 5 heteroatoms. The molecule has 0 saturated heterocycles. The third-order valence-corrected chi connectivity index (χ3v) is 3.26. The van der Waals surface area contributed by atoms with E-state index in [1.165, 1.54) is 17.0 Å². The normalized spacial score (nSPS) is 10.8. The predicted molar refractivity (Wildman–Crippen MR) is 78.6 cm³/mol. The van der Waals surface area contributed by atoms with E-state index in [9.17, 15) is 9.18 Å². The number of pyridine rings is 1. The summed E-state index contributed by atoms with van der Waals surface area (Å²) in [6, 6.07) is 11.6. The van der Waals surface area contributed by atoms with Gasteiger partial charge in [-0.3, -0.25) is 9.20 Å². The monoisotopic (exact) mass is 283 g/mol. The Morgan fingerprint density at radius 1 is 1.14 bits per heavy atom. The van der Waals surface area contributed by atoms with Crippen LogP contribution in [0, 0.1) is 5.82 Å². The number of fused-ring (bicyclic) bond motifs is 1. The molecule has 0 fully saturated rings. The minimum absolute atomic E-state index is 0.182. The van der Waals surface area contributed by atoms with Crippen molar-refractivity contribution < 1.29 is 9.18 Å². The maximum absolute atomic E-state index is 13.1. The van der Waals surface area contributed by atoms with E-state index in [2.05, 4.69) is 4.98 Å². The zero-order valence-electron chi connectivity index (χ0n) is 11.7. The summed E-state index contributed by atoms with van der Waals surface area (Å²) in [4.78, 5) is 18.2. The molecular weight excluding hydrogens is 269 g/mol. The van der Waals surface area contributed by atoms with Gasteiger partial charge in [-0.2, -0.15) is 0 Å². The molecule has 0 N–H and O–H groups in total. The largest absolute Gasteiger partial charge is 0.343 e. The number of halogens is 1. The molecule has 2 heterocycles. The number of carbonyl (C=O) groups excluding carboxylic acids is 1. The van der Waals surface area contributed by atoms with Crippen LogP contribution in [-0.2, 0) is 0 Å². The van der Waals surface area contributed by atoms with Gasteiger partial charge >= 0.3 is 0 Å². The van der Waals surface area contributed by atoms with E-state index in [0.717, 1.165) is 5.56 Å². The van der Waals surface area contributed by atoms with Crippen LogP contribution >= 0.6 is 0 Å². The van der Waals surface area contributed by atoms with E-state index in [0.29, 0.717) is 17.0 Å². The van der Waals surface area contributed by atoms with Gasteiger partial charge < -0.3 is 4.90 Å². The summed E-state index contributed by atoms with van der Waals surface area (Å²) >= 11 is 0. The minimum Gasteiger partial charge on any atom is -0.343 e. The molecule has 0 saturated carbocycles. The van der Waals surface area contributed by atoms with Crippen LogP contribution in [0.1, 0.15) is 10.5 Å². The number of amides is 1. The summed E-state index contributed by atoms with van der Waals surface area (Å²) in [6.07, 6.45) is 1.84. The van der Waals surface area contributed by atoms with Crippen molar-refractivity contribution in [3.63, 3.8) is 0 Å². The van der Waals surface area contributed by atoms with Gasteiger partial charge in [0.15, 0.2) is 5.69 Å². The fourth-order valence-electron chi connectivity index (χ4n) is 2.24. The standard InChI is InChI=1S/C16H14FN3O/c1-19(2)16(21)14-15(11-6-8-12(17)9-7-11)20-10-4-3-5-13(20)18-14/h3-10H,1-2H3. The van der Waals surface area contributed by atoms with Crippen molar-refractivity contribution in [3.8, 4) is 11.3 Å². The van der Waals surface area contributed by atoms with Crippen molar-refractivity contribution in [2.75, 3.05) is 14.1 Å². The summed E-state index contributed by atoms with van der Waals surface area (Å²) in [7, 11) is 3.36. The molecule has 106 valence electrons. The molecular formula is C16H14FN3O. The average Bonchev–Trinajstić information content (AvgIpc) is 2.86. The lowest BCUT2D eigenvalue weighted by Gasteiger charge is -2.10. The lowest BCUT2D eigenvalue weighted by atomic mass is 10.1. The van der Waals surface area contributed by atoms with Crippen LogP contribution in [-0.4, -0.2) is 34.3 Å². The van der Waals surface area contributed by atoms with E-state index in [1.807, 2.05) is 28.8 Å². The molecule has 0 aliphatic carbocycles. The first-order chi connectivity index (χ1) is 10.1. The van der Waals surface area contributed by atoms with Gasteiger partial charge in [-0.15, -0.1) is 0 Å². The lowest BCUT2D eigenvalue weighted by molar-refractivity contribution is 0.0823. The van der Waals surface area contributed by atoms with Crippen molar-refractivity contribution in [3.05, 3.63) is 60.2 Å². The van der Waals surface area contributed by atoms with Crippen molar-refractivity contribution in [2.24, 2.45) is 0 Å². The molecule has 0 spiro atoms. The number of imidazole rings is 1. The average molecular weight is 283 g/mol. The number of carbonyl (C=O) groups is 1. The minimum atomic E-state index is -0.312. The maximum atomic E-state index is 13.1. The van der Waals surface area contributed by atoms with Crippen LogP contribution in [0.5, 0.6) is 0 Å². The molecule has 0 radical (unpaired) electrons. The molecule has 0 atom stereocenters. The van der Waals surface area contributed by atoms with Crippen molar-refractivity contribution in [1.82, 2.24) is 14.3 Å². The van der Waals surface area contributed by atoms with E-state index in [4.69, 9.17) is 0 Å². The number of nitrogens with zero attached hydrogens (tertiary/aromatic N) is 3. The number of hydrogen-bond acceptors (Lipinski definition) is 2. The number of benzene rings is 1. The van der Waals surface area contributed by atoms with Gasteiger partial charge in [0.1, 0.15) is 11.5 Å². The SMILES string of the molecule is CN(C)C(=O)c1nc2ccccn2c1-c1ccc(F)cc1. The summed E-state index contributed by atoms with van der Waals surface area (Å²) in [5, 5.41) is 0. The highest BCUT2D eigenvalue weighted by atomic mass is 19.1. The van der Waals surface area contributed by atoms with Gasteiger partial charge in [0.05, 0.1) is 5.69 Å². The van der Waals surface area contributed by atoms with E-state index in [1.54, 1.807) is 26.2 Å². The summed E-state index contributed by atoms with van der Waals surface area (Å²) in [6.45, 7) is 0. The molecule has 0 aliphatic rings. The van der Waals surface area contributed by atoms with Crippen LogP contribution in [0.25, 0.3) is 16.9 Å². The highest BCUT2D eigenvalue weighted by Gasteiger charge is 2.21. The Labute approximate surface area is 121 Å². The van der Waals surface area contributed by atoms with Gasteiger partial charge in [-0.05, 0) is 36.4 Å². The Balaban J connectivity index is 2.30. The molecule has 1 amide bonds. The molecule has 3 rings (SSSR count). The van der Waals surface area contributed by atoms with Crippen molar-refractivity contribution >= 4 is 11.6 Å². The molecule has 3 aromatic rings. The number of rotatable bonds is 2. The molecule has 1 aromatic carbocycles. The Morgan fingerprint density at radius 2 is 1.86 bits per heavy atom. The van der Waals surface area contributed by atoms with Crippen molar-refractivity contribution in [2.45, 2.75) is 0 Å². The fourth-order valence-corrected chi connectivity index (χ4v) is 2.24. The van der Waals surface area contributed by atoms with Crippen LogP contribution in [0.4, 0.5) is 4.39 Å².